The molecule has 0 saturated carbocycles. The van der Waals surface area contributed by atoms with Crippen LogP contribution in [0.25, 0.3) is 0 Å². The van der Waals surface area contributed by atoms with Gasteiger partial charge in [0.05, 0.1) is 19.5 Å². The minimum absolute atomic E-state index is 0.100. The Morgan fingerprint density at radius 3 is 2.58 bits per heavy atom. The Labute approximate surface area is 230 Å². The number of hydrogen-bond acceptors (Lipinski definition) is 7. The van der Waals surface area contributed by atoms with Gasteiger partial charge in [-0.25, -0.2) is 13.1 Å². The molecule has 2 N–H and O–H groups in total. The number of carbonyl (C=O) groups is 1. The molecule has 2 atom stereocenters. The third kappa shape index (κ3) is 8.31. The second-order valence-corrected chi connectivity index (χ2v) is 11.8. The van der Waals surface area contributed by atoms with Crippen molar-refractivity contribution in [3.63, 3.8) is 0 Å². The van der Waals surface area contributed by atoms with E-state index in [-0.39, 0.29) is 29.7 Å². The van der Waals surface area contributed by atoms with Gasteiger partial charge in [0.25, 0.3) is 5.91 Å². The Hall–Kier alpha value is -2.37. The molecule has 1 heterocycles. The minimum atomic E-state index is -3.65. The summed E-state index contributed by atoms with van der Waals surface area (Å²) in [5.41, 5.74) is 1.02. The number of ether oxygens (including phenoxy) is 3. The first kappa shape index (κ1) is 30.2. The molecule has 1 aliphatic rings. The number of hydrogen-bond donors (Lipinski definition) is 2. The van der Waals surface area contributed by atoms with Gasteiger partial charge in [-0.2, -0.15) is 0 Å². The largest absolute Gasteiger partial charge is 0.493 e. The molecule has 2 aromatic rings. The zero-order valence-corrected chi connectivity index (χ0v) is 24.0. The molecule has 1 aliphatic heterocycles. The van der Waals surface area contributed by atoms with Crippen LogP contribution in [-0.4, -0.2) is 78.4 Å². The van der Waals surface area contributed by atoms with Crippen molar-refractivity contribution in [2.24, 2.45) is 5.92 Å². The first-order chi connectivity index (χ1) is 18.1. The number of nitrogens with one attached hydrogen (secondary N) is 2. The van der Waals surface area contributed by atoms with Crippen molar-refractivity contribution in [2.75, 3.05) is 47.1 Å². The van der Waals surface area contributed by atoms with Crippen molar-refractivity contribution >= 4 is 27.5 Å². The smallest absolute Gasteiger partial charge is 0.254 e. The Bertz CT molecular complexity index is 1180. The number of benzene rings is 2. The quantitative estimate of drug-likeness (QED) is 0.337. The molecule has 0 unspecified atom stereocenters. The minimum Gasteiger partial charge on any atom is -0.493 e. The average Bonchev–Trinajstić information content (AvgIpc) is 3.31. The maximum Gasteiger partial charge on any atom is 0.254 e. The van der Waals surface area contributed by atoms with Gasteiger partial charge in [-0.05, 0) is 43.7 Å². The van der Waals surface area contributed by atoms with Crippen molar-refractivity contribution < 1.29 is 27.4 Å². The summed E-state index contributed by atoms with van der Waals surface area (Å²) in [4.78, 5) is 15.4. The van der Waals surface area contributed by atoms with E-state index in [0.717, 1.165) is 0 Å². The predicted octanol–water partition coefficient (Wildman–Crippen LogP) is 3.32. The molecule has 1 fully saturated rings. The monoisotopic (exact) mass is 567 g/mol. The molecule has 0 spiro atoms. The first-order valence-electron chi connectivity index (χ1n) is 12.7. The van der Waals surface area contributed by atoms with E-state index in [4.69, 9.17) is 25.8 Å². The number of amides is 1. The number of methoxy groups -OCH3 is 2. The second kappa shape index (κ2) is 14.1. The SMILES string of the molecule is COCCCOc1cc(C(=O)N(C[C@@H]2CNC[C@H]2NS(=O)(=O)Cc2ccccc2Cl)C(C)C)ccc1OC. The van der Waals surface area contributed by atoms with E-state index in [2.05, 4.69) is 10.0 Å². The van der Waals surface area contributed by atoms with Crippen molar-refractivity contribution in [1.29, 1.82) is 0 Å². The number of rotatable bonds is 14. The van der Waals surface area contributed by atoms with Gasteiger partial charge in [-0.15, -0.1) is 0 Å². The molecule has 1 amide bonds. The van der Waals surface area contributed by atoms with Gasteiger partial charge in [-0.1, -0.05) is 29.8 Å². The van der Waals surface area contributed by atoms with E-state index in [1.165, 1.54) is 0 Å². The summed E-state index contributed by atoms with van der Waals surface area (Å²) in [6.07, 6.45) is 0.707. The summed E-state index contributed by atoms with van der Waals surface area (Å²) in [7, 11) is -0.457. The van der Waals surface area contributed by atoms with E-state index >= 15 is 0 Å². The number of halogens is 1. The lowest BCUT2D eigenvalue weighted by molar-refractivity contribution is 0.0671. The van der Waals surface area contributed by atoms with Gasteiger partial charge in [0.15, 0.2) is 11.5 Å². The summed E-state index contributed by atoms with van der Waals surface area (Å²) in [6.45, 7) is 6.35. The summed E-state index contributed by atoms with van der Waals surface area (Å²) < 4.78 is 45.0. The third-order valence-corrected chi connectivity index (χ3v) is 8.17. The van der Waals surface area contributed by atoms with Crippen LogP contribution in [0.2, 0.25) is 5.02 Å². The van der Waals surface area contributed by atoms with Gasteiger partial charge in [0.1, 0.15) is 0 Å². The summed E-state index contributed by atoms with van der Waals surface area (Å²) >= 11 is 6.17. The van der Waals surface area contributed by atoms with Crippen LogP contribution in [0.5, 0.6) is 11.5 Å². The molecule has 0 aromatic heterocycles. The molecule has 0 aliphatic carbocycles. The highest BCUT2D eigenvalue weighted by molar-refractivity contribution is 7.88. The van der Waals surface area contributed by atoms with Gasteiger partial charge in [0.2, 0.25) is 10.0 Å². The molecule has 0 bridgehead atoms. The van der Waals surface area contributed by atoms with Crippen LogP contribution < -0.4 is 19.5 Å². The van der Waals surface area contributed by atoms with Gasteiger partial charge in [0, 0.05) is 68.4 Å². The Kier molecular flexibility index (Phi) is 11.2. The molecule has 1 saturated heterocycles. The molecular weight excluding hydrogens is 530 g/mol. The number of carbonyl (C=O) groups excluding carboxylic acids is 1. The van der Waals surface area contributed by atoms with Crippen LogP contribution in [0.1, 0.15) is 36.2 Å². The lowest BCUT2D eigenvalue weighted by Gasteiger charge is -2.32. The molecule has 3 rings (SSSR count). The van der Waals surface area contributed by atoms with Crippen molar-refractivity contribution in [3.8, 4) is 11.5 Å². The van der Waals surface area contributed by atoms with E-state index in [9.17, 15) is 13.2 Å². The highest BCUT2D eigenvalue weighted by Crippen LogP contribution is 2.29. The van der Waals surface area contributed by atoms with Crippen molar-refractivity contribution in [2.45, 2.75) is 38.1 Å². The van der Waals surface area contributed by atoms with Crippen molar-refractivity contribution in [1.82, 2.24) is 14.9 Å². The van der Waals surface area contributed by atoms with Crippen LogP contribution >= 0.6 is 11.6 Å². The van der Waals surface area contributed by atoms with E-state index < -0.39 is 10.0 Å². The molecule has 38 heavy (non-hydrogen) atoms. The fraction of sp³-hybridized carbons (Fsp3) is 0.519. The molecule has 11 heteroatoms. The summed E-state index contributed by atoms with van der Waals surface area (Å²) in [5, 5.41) is 3.68. The van der Waals surface area contributed by atoms with Crippen LogP contribution in [0.15, 0.2) is 42.5 Å². The van der Waals surface area contributed by atoms with Gasteiger partial charge in [-0.3, -0.25) is 4.79 Å². The first-order valence-corrected chi connectivity index (χ1v) is 14.7. The fourth-order valence-corrected chi connectivity index (χ4v) is 6.17. The Morgan fingerprint density at radius 1 is 1.13 bits per heavy atom. The molecule has 9 nitrogen and oxygen atoms in total. The van der Waals surface area contributed by atoms with Crippen LogP contribution in [-0.2, 0) is 20.5 Å². The van der Waals surface area contributed by atoms with Gasteiger partial charge >= 0.3 is 0 Å². The summed E-state index contributed by atoms with van der Waals surface area (Å²) in [6, 6.07) is 11.6. The molecular formula is C27H38ClN3O6S. The van der Waals surface area contributed by atoms with Crippen LogP contribution in [0.4, 0.5) is 0 Å². The predicted molar refractivity (Wildman–Crippen MR) is 149 cm³/mol. The maximum absolute atomic E-state index is 13.6. The van der Waals surface area contributed by atoms with Gasteiger partial charge < -0.3 is 24.4 Å². The van der Waals surface area contributed by atoms with E-state index in [0.29, 0.717) is 66.9 Å². The van der Waals surface area contributed by atoms with E-state index in [1.54, 1.807) is 61.6 Å². The zero-order valence-electron chi connectivity index (χ0n) is 22.4. The van der Waals surface area contributed by atoms with Crippen LogP contribution in [0.3, 0.4) is 0 Å². The normalized spacial score (nSPS) is 17.5. The number of sulfonamides is 1. The highest BCUT2D eigenvalue weighted by Gasteiger charge is 2.34. The zero-order chi connectivity index (χ0) is 27.7. The standard InChI is InChI=1S/C27H38ClN3O6S/c1-19(2)31(27(32)20-10-11-25(36-4)26(14-20)37-13-7-12-35-3)17-22-15-29-16-24(22)30-38(33,34)18-21-8-5-6-9-23(21)28/h5-6,8-11,14,19,22,24,29-30H,7,12-13,15-18H2,1-4H3/t22-,24+/m0/s1. The summed E-state index contributed by atoms with van der Waals surface area (Å²) in [5.74, 6) is 0.565. The topological polar surface area (TPSA) is 106 Å². The van der Waals surface area contributed by atoms with E-state index in [1.807, 2.05) is 13.8 Å². The lowest BCUT2D eigenvalue weighted by Crippen LogP contribution is -2.47. The average molecular weight is 568 g/mol. The molecule has 0 radical (unpaired) electrons. The Balaban J connectivity index is 1.71. The van der Waals surface area contributed by atoms with Crippen molar-refractivity contribution in [3.05, 3.63) is 58.6 Å². The Morgan fingerprint density at radius 2 is 1.89 bits per heavy atom. The lowest BCUT2D eigenvalue weighted by atomic mass is 10.0. The molecule has 2 aromatic carbocycles. The second-order valence-electron chi connectivity index (χ2n) is 9.60. The highest BCUT2D eigenvalue weighted by atomic mass is 35.5. The maximum atomic E-state index is 13.6. The fourth-order valence-electron chi connectivity index (χ4n) is 4.41. The van der Waals surface area contributed by atoms with Crippen LogP contribution in [0, 0.1) is 5.92 Å². The number of nitrogens with zero attached hydrogens (tertiary/aromatic N) is 1. The third-order valence-electron chi connectivity index (χ3n) is 6.45. The molecule has 210 valence electrons.